The maximum atomic E-state index is 13.1. The second kappa shape index (κ2) is 6.38. The van der Waals surface area contributed by atoms with Gasteiger partial charge in [0.2, 0.25) is 5.96 Å². The van der Waals surface area contributed by atoms with Crippen LogP contribution in [0.2, 0.25) is 5.02 Å². The number of rotatable bonds is 3. The molecule has 3 aliphatic heterocycles. The van der Waals surface area contributed by atoms with Crippen LogP contribution < -0.4 is 4.90 Å². The Morgan fingerprint density at radius 1 is 1.21 bits per heavy atom. The lowest BCUT2D eigenvalue weighted by Crippen LogP contribution is -2.64. The van der Waals surface area contributed by atoms with E-state index in [0.29, 0.717) is 11.0 Å². The maximum absolute atomic E-state index is 13.1. The summed E-state index contributed by atoms with van der Waals surface area (Å²) in [4.78, 5) is 37.2. The highest BCUT2D eigenvalue weighted by Crippen LogP contribution is 2.40. The summed E-state index contributed by atoms with van der Waals surface area (Å²) in [5.74, 6) is 0.376. The van der Waals surface area contributed by atoms with Crippen LogP contribution in [0.5, 0.6) is 0 Å². The summed E-state index contributed by atoms with van der Waals surface area (Å²) in [5, 5.41) is 0.665. The number of halogens is 1. The molecule has 4 rings (SSSR count). The smallest absolute Gasteiger partial charge is 0.302 e. The maximum Gasteiger partial charge on any atom is 0.328 e. The van der Waals surface area contributed by atoms with E-state index in [0.717, 1.165) is 22.6 Å². The minimum absolute atomic E-state index is 0.174. The van der Waals surface area contributed by atoms with Crippen LogP contribution in [-0.4, -0.2) is 58.4 Å². The van der Waals surface area contributed by atoms with E-state index in [2.05, 4.69) is 6.58 Å². The van der Waals surface area contributed by atoms with E-state index in [4.69, 9.17) is 16.6 Å². The number of aryl methyl sites for hydroxylation is 1. The SMILES string of the molecule is C=CCN1C(=O)C2C(N=C3N(c4ccc(C)c(Cl)c4)C(C)=C(C)N32)N(C)C1=O. The summed E-state index contributed by atoms with van der Waals surface area (Å²) in [5.41, 5.74) is 3.76. The van der Waals surface area contributed by atoms with Gasteiger partial charge in [0.15, 0.2) is 12.2 Å². The van der Waals surface area contributed by atoms with Gasteiger partial charge in [-0.05, 0) is 38.5 Å². The first-order valence-electron chi connectivity index (χ1n) is 9.07. The topological polar surface area (TPSA) is 59.5 Å². The molecule has 0 aliphatic carbocycles. The number of fused-ring (bicyclic) bond motifs is 3. The first-order chi connectivity index (χ1) is 13.3. The lowest BCUT2D eigenvalue weighted by Gasteiger charge is -2.40. The van der Waals surface area contributed by atoms with Crippen molar-refractivity contribution < 1.29 is 9.59 Å². The van der Waals surface area contributed by atoms with Crippen molar-refractivity contribution in [2.75, 3.05) is 18.5 Å². The molecule has 1 aromatic rings. The largest absolute Gasteiger partial charge is 0.328 e. The quantitative estimate of drug-likeness (QED) is 0.732. The van der Waals surface area contributed by atoms with Gasteiger partial charge in [-0.2, -0.15) is 0 Å². The highest BCUT2D eigenvalue weighted by atomic mass is 35.5. The van der Waals surface area contributed by atoms with E-state index in [1.54, 1.807) is 13.1 Å². The summed E-state index contributed by atoms with van der Waals surface area (Å²) >= 11 is 6.34. The van der Waals surface area contributed by atoms with E-state index in [9.17, 15) is 9.59 Å². The molecule has 146 valence electrons. The number of carbonyl (C=O) groups is 2. The van der Waals surface area contributed by atoms with Gasteiger partial charge in [-0.25, -0.2) is 9.79 Å². The van der Waals surface area contributed by atoms with Crippen molar-refractivity contribution in [3.8, 4) is 0 Å². The van der Waals surface area contributed by atoms with Crippen LogP contribution >= 0.6 is 11.6 Å². The van der Waals surface area contributed by atoms with E-state index in [-0.39, 0.29) is 18.5 Å². The predicted octanol–water partition coefficient (Wildman–Crippen LogP) is 3.17. The fourth-order valence-corrected chi connectivity index (χ4v) is 4.11. The van der Waals surface area contributed by atoms with Crippen LogP contribution in [0.25, 0.3) is 0 Å². The number of guanidine groups is 1. The zero-order chi connectivity index (χ0) is 20.3. The second-order valence-electron chi connectivity index (χ2n) is 7.23. The molecule has 7 nitrogen and oxygen atoms in total. The highest BCUT2D eigenvalue weighted by molar-refractivity contribution is 6.31. The van der Waals surface area contributed by atoms with Crippen molar-refractivity contribution in [1.82, 2.24) is 14.7 Å². The number of carbonyl (C=O) groups excluding carboxylic acids is 2. The van der Waals surface area contributed by atoms with Crippen molar-refractivity contribution in [2.45, 2.75) is 33.0 Å². The number of hydrogen-bond donors (Lipinski definition) is 0. The minimum Gasteiger partial charge on any atom is -0.302 e. The Morgan fingerprint density at radius 2 is 1.93 bits per heavy atom. The van der Waals surface area contributed by atoms with Crippen LogP contribution in [0.4, 0.5) is 10.5 Å². The molecule has 8 heteroatoms. The van der Waals surface area contributed by atoms with Gasteiger partial charge in [-0.15, -0.1) is 6.58 Å². The fraction of sp³-hybridized carbons (Fsp3) is 0.350. The summed E-state index contributed by atoms with van der Waals surface area (Å²) < 4.78 is 0. The Labute approximate surface area is 169 Å². The summed E-state index contributed by atoms with van der Waals surface area (Å²) in [6, 6.07) is 4.88. The molecule has 3 heterocycles. The Balaban J connectivity index is 1.79. The molecule has 0 radical (unpaired) electrons. The van der Waals surface area contributed by atoms with Crippen LogP contribution in [0.15, 0.2) is 47.2 Å². The van der Waals surface area contributed by atoms with E-state index < -0.39 is 12.2 Å². The van der Waals surface area contributed by atoms with Crippen molar-refractivity contribution in [2.24, 2.45) is 4.99 Å². The van der Waals surface area contributed by atoms with Crippen LogP contribution in [0.1, 0.15) is 19.4 Å². The molecule has 0 spiro atoms. The number of aliphatic imine (C=N–C) groups is 1. The van der Waals surface area contributed by atoms with Crippen molar-refractivity contribution in [1.29, 1.82) is 0 Å². The molecule has 28 heavy (non-hydrogen) atoms. The van der Waals surface area contributed by atoms with Crippen molar-refractivity contribution in [3.63, 3.8) is 0 Å². The number of anilines is 1. The average molecular weight is 400 g/mol. The monoisotopic (exact) mass is 399 g/mol. The molecule has 2 atom stereocenters. The van der Waals surface area contributed by atoms with Crippen molar-refractivity contribution >= 4 is 35.2 Å². The molecule has 0 N–H and O–H groups in total. The van der Waals surface area contributed by atoms with Crippen LogP contribution in [-0.2, 0) is 4.79 Å². The zero-order valence-electron chi connectivity index (χ0n) is 16.3. The molecule has 2 unspecified atom stereocenters. The molecule has 1 fully saturated rings. The van der Waals surface area contributed by atoms with Gasteiger partial charge in [0, 0.05) is 30.0 Å². The lowest BCUT2D eigenvalue weighted by molar-refractivity contribution is -0.136. The Kier molecular flexibility index (Phi) is 4.23. The van der Waals surface area contributed by atoms with Gasteiger partial charge >= 0.3 is 6.03 Å². The predicted molar refractivity (Wildman–Crippen MR) is 109 cm³/mol. The number of allylic oxidation sites excluding steroid dienone is 2. The molecule has 1 saturated heterocycles. The van der Waals surface area contributed by atoms with Gasteiger partial charge in [-0.1, -0.05) is 23.7 Å². The molecule has 1 aromatic carbocycles. The molecule has 0 saturated carbocycles. The highest BCUT2D eigenvalue weighted by Gasteiger charge is 2.55. The minimum atomic E-state index is -0.585. The summed E-state index contributed by atoms with van der Waals surface area (Å²) in [6.07, 6.45) is 0.988. The normalized spacial score (nSPS) is 24.1. The van der Waals surface area contributed by atoms with Gasteiger partial charge in [0.25, 0.3) is 5.91 Å². The number of urea groups is 1. The Bertz CT molecular complexity index is 969. The fourth-order valence-electron chi connectivity index (χ4n) is 3.94. The van der Waals surface area contributed by atoms with Gasteiger partial charge in [-0.3, -0.25) is 19.5 Å². The van der Waals surface area contributed by atoms with E-state index >= 15 is 0 Å². The second-order valence-corrected chi connectivity index (χ2v) is 7.64. The molecule has 0 bridgehead atoms. The zero-order valence-corrected chi connectivity index (χ0v) is 17.1. The van der Waals surface area contributed by atoms with Crippen molar-refractivity contribution in [3.05, 3.63) is 52.8 Å². The van der Waals surface area contributed by atoms with E-state index in [1.165, 1.54) is 9.80 Å². The molecule has 3 aliphatic rings. The first-order valence-corrected chi connectivity index (χ1v) is 9.45. The number of hydrogen-bond acceptors (Lipinski definition) is 5. The Hall–Kier alpha value is -2.80. The number of amides is 3. The summed E-state index contributed by atoms with van der Waals surface area (Å²) in [7, 11) is 1.67. The molecular weight excluding hydrogens is 378 g/mol. The summed E-state index contributed by atoms with van der Waals surface area (Å²) in [6.45, 7) is 9.73. The third-order valence-electron chi connectivity index (χ3n) is 5.62. The molecular formula is C20H22ClN5O2. The van der Waals surface area contributed by atoms with E-state index in [1.807, 2.05) is 48.8 Å². The Morgan fingerprint density at radius 3 is 2.57 bits per heavy atom. The third kappa shape index (κ3) is 2.39. The van der Waals surface area contributed by atoms with Gasteiger partial charge < -0.3 is 4.90 Å². The third-order valence-corrected chi connectivity index (χ3v) is 6.03. The standard InChI is InChI=1S/C20H22ClN5O2/c1-6-9-24-18(27)16-17(23(5)20(24)28)22-19-25(12(3)13(4)26(16)19)14-8-7-11(2)15(21)10-14/h6-8,10,16-17H,1,9H2,2-5H3. The number of imide groups is 1. The van der Waals surface area contributed by atoms with Gasteiger partial charge in [0.05, 0.1) is 5.69 Å². The lowest BCUT2D eigenvalue weighted by atomic mass is 10.1. The molecule has 3 amide bonds. The number of nitrogens with zero attached hydrogens (tertiary/aromatic N) is 5. The van der Waals surface area contributed by atoms with Crippen LogP contribution in [0.3, 0.4) is 0 Å². The first kappa shape index (κ1) is 18.6. The number of likely N-dealkylation sites (N-methyl/N-ethyl adjacent to an activating group) is 1. The number of benzene rings is 1. The molecule has 0 aromatic heterocycles. The average Bonchev–Trinajstić information content (AvgIpc) is 3.16. The van der Waals surface area contributed by atoms with Crippen LogP contribution in [0, 0.1) is 6.92 Å². The van der Waals surface area contributed by atoms with Gasteiger partial charge in [0.1, 0.15) is 0 Å².